The second-order valence-electron chi connectivity index (χ2n) is 3.24. The molecule has 0 saturated heterocycles. The molecule has 2 amide bonds. The van der Waals surface area contributed by atoms with Crippen LogP contribution >= 0.6 is 0 Å². The lowest BCUT2D eigenvalue weighted by Crippen LogP contribution is -2.38. The average molecular weight is 225 g/mol. The Morgan fingerprint density at radius 2 is 2.44 bits per heavy atom. The van der Waals surface area contributed by atoms with Crippen LogP contribution in [0.2, 0.25) is 0 Å². The molecule has 0 aromatic carbocycles. The van der Waals surface area contributed by atoms with Gasteiger partial charge in [0, 0.05) is 6.20 Å². The summed E-state index contributed by atoms with van der Waals surface area (Å²) in [5.74, 6) is 0.342. The second kappa shape index (κ2) is 5.92. The third kappa shape index (κ3) is 3.39. The average Bonchev–Trinajstić information content (AvgIpc) is 2.29. The summed E-state index contributed by atoms with van der Waals surface area (Å²) in [5.41, 5.74) is 0.479. The van der Waals surface area contributed by atoms with E-state index in [4.69, 9.17) is 9.84 Å². The molecule has 16 heavy (non-hydrogen) atoms. The van der Waals surface area contributed by atoms with Gasteiger partial charge in [-0.05, 0) is 19.1 Å². The van der Waals surface area contributed by atoms with Gasteiger partial charge < -0.3 is 20.5 Å². The van der Waals surface area contributed by atoms with Crippen LogP contribution < -0.4 is 15.4 Å². The number of urea groups is 1. The van der Waals surface area contributed by atoms with Crippen LogP contribution in [0, 0.1) is 0 Å². The predicted molar refractivity (Wildman–Crippen MR) is 59.5 cm³/mol. The largest absolute Gasteiger partial charge is 0.480 e. The molecule has 6 heteroatoms. The van der Waals surface area contributed by atoms with Crippen LogP contribution in [-0.2, 0) is 0 Å². The quantitative estimate of drug-likeness (QED) is 0.700. The van der Waals surface area contributed by atoms with Crippen molar-refractivity contribution in [2.45, 2.75) is 13.0 Å². The lowest BCUT2D eigenvalue weighted by atomic mass is 10.3. The minimum Gasteiger partial charge on any atom is -0.480 e. The molecule has 1 atom stereocenters. The zero-order valence-electron chi connectivity index (χ0n) is 9.23. The highest BCUT2D eigenvalue weighted by molar-refractivity contribution is 5.90. The molecule has 1 aromatic rings. The summed E-state index contributed by atoms with van der Waals surface area (Å²) in [6.07, 6.45) is 1.57. The Morgan fingerprint density at radius 3 is 3.06 bits per heavy atom. The lowest BCUT2D eigenvalue weighted by Gasteiger charge is -2.13. The monoisotopic (exact) mass is 225 g/mol. The Morgan fingerprint density at radius 1 is 1.69 bits per heavy atom. The van der Waals surface area contributed by atoms with Crippen LogP contribution in [0.5, 0.6) is 5.88 Å². The summed E-state index contributed by atoms with van der Waals surface area (Å²) in [7, 11) is 1.47. The van der Waals surface area contributed by atoms with Crippen molar-refractivity contribution in [2.24, 2.45) is 0 Å². The van der Waals surface area contributed by atoms with E-state index in [1.165, 1.54) is 7.11 Å². The summed E-state index contributed by atoms with van der Waals surface area (Å²) in [4.78, 5) is 15.4. The Bertz CT molecular complexity index is 357. The van der Waals surface area contributed by atoms with Gasteiger partial charge in [-0.3, -0.25) is 0 Å². The SMILES string of the molecule is COc1ncccc1NC(=O)NC(C)CO. The van der Waals surface area contributed by atoms with Crippen molar-refractivity contribution in [3.8, 4) is 5.88 Å². The molecule has 0 aliphatic carbocycles. The zero-order chi connectivity index (χ0) is 12.0. The normalized spacial score (nSPS) is 11.7. The van der Waals surface area contributed by atoms with Gasteiger partial charge in [-0.15, -0.1) is 0 Å². The maximum atomic E-state index is 11.4. The molecule has 0 bridgehead atoms. The van der Waals surface area contributed by atoms with E-state index in [1.807, 2.05) is 0 Å². The standard InChI is InChI=1S/C10H15N3O3/c1-7(6-14)12-10(15)13-8-4-3-5-11-9(8)16-2/h3-5,7,14H,6H2,1-2H3,(H2,12,13,15). The number of methoxy groups -OCH3 is 1. The number of aliphatic hydroxyl groups is 1. The molecule has 1 heterocycles. The molecule has 6 nitrogen and oxygen atoms in total. The van der Waals surface area contributed by atoms with E-state index < -0.39 is 6.03 Å². The van der Waals surface area contributed by atoms with Crippen LogP contribution in [0.4, 0.5) is 10.5 Å². The summed E-state index contributed by atoms with van der Waals surface area (Å²) >= 11 is 0. The molecular formula is C10H15N3O3. The molecule has 0 spiro atoms. The van der Waals surface area contributed by atoms with Crippen molar-refractivity contribution in [2.75, 3.05) is 19.0 Å². The molecule has 0 saturated carbocycles. The van der Waals surface area contributed by atoms with Gasteiger partial charge in [0.15, 0.2) is 0 Å². The molecule has 1 aromatic heterocycles. The number of ether oxygens (including phenoxy) is 1. The van der Waals surface area contributed by atoms with E-state index >= 15 is 0 Å². The molecule has 0 aliphatic rings. The Hall–Kier alpha value is -1.82. The third-order valence-electron chi connectivity index (χ3n) is 1.86. The van der Waals surface area contributed by atoms with Crippen LogP contribution in [0.1, 0.15) is 6.92 Å². The molecule has 0 radical (unpaired) electrons. The summed E-state index contributed by atoms with van der Waals surface area (Å²) in [6, 6.07) is 2.65. The number of aliphatic hydroxyl groups excluding tert-OH is 1. The number of nitrogens with zero attached hydrogens (tertiary/aromatic N) is 1. The van der Waals surface area contributed by atoms with Gasteiger partial charge in [0.1, 0.15) is 5.69 Å². The number of hydrogen-bond donors (Lipinski definition) is 3. The van der Waals surface area contributed by atoms with Crippen LogP contribution in [0.3, 0.4) is 0 Å². The maximum absolute atomic E-state index is 11.4. The van der Waals surface area contributed by atoms with Crippen LogP contribution in [0.25, 0.3) is 0 Å². The Balaban J connectivity index is 2.62. The number of pyridine rings is 1. The number of rotatable bonds is 4. The Kier molecular flexibility index (Phi) is 4.53. The number of aromatic nitrogens is 1. The number of amides is 2. The molecule has 88 valence electrons. The molecular weight excluding hydrogens is 210 g/mol. The highest BCUT2D eigenvalue weighted by Crippen LogP contribution is 2.19. The van der Waals surface area contributed by atoms with Crippen molar-refractivity contribution < 1.29 is 14.6 Å². The third-order valence-corrected chi connectivity index (χ3v) is 1.86. The van der Waals surface area contributed by atoms with Crippen molar-refractivity contribution >= 4 is 11.7 Å². The van der Waals surface area contributed by atoms with Crippen LogP contribution in [-0.4, -0.2) is 35.9 Å². The number of nitrogens with one attached hydrogen (secondary N) is 2. The first-order valence-corrected chi connectivity index (χ1v) is 4.84. The van der Waals surface area contributed by atoms with E-state index in [0.717, 1.165) is 0 Å². The van der Waals surface area contributed by atoms with E-state index in [1.54, 1.807) is 25.3 Å². The maximum Gasteiger partial charge on any atom is 0.319 e. The van der Waals surface area contributed by atoms with Crippen molar-refractivity contribution in [3.05, 3.63) is 18.3 Å². The fourth-order valence-electron chi connectivity index (χ4n) is 1.08. The first-order valence-electron chi connectivity index (χ1n) is 4.84. The van der Waals surface area contributed by atoms with Gasteiger partial charge in [-0.1, -0.05) is 0 Å². The molecule has 1 unspecified atom stereocenters. The fourth-order valence-corrected chi connectivity index (χ4v) is 1.08. The highest BCUT2D eigenvalue weighted by atomic mass is 16.5. The number of hydrogen-bond acceptors (Lipinski definition) is 4. The van der Waals surface area contributed by atoms with Gasteiger partial charge in [0.2, 0.25) is 5.88 Å². The number of anilines is 1. The van der Waals surface area contributed by atoms with Gasteiger partial charge in [0.05, 0.1) is 19.8 Å². The van der Waals surface area contributed by atoms with Gasteiger partial charge in [-0.2, -0.15) is 0 Å². The number of carbonyl (C=O) groups is 1. The van der Waals surface area contributed by atoms with E-state index in [9.17, 15) is 4.79 Å². The molecule has 0 aliphatic heterocycles. The van der Waals surface area contributed by atoms with Crippen LogP contribution in [0.15, 0.2) is 18.3 Å². The van der Waals surface area contributed by atoms with Crippen molar-refractivity contribution in [1.29, 1.82) is 0 Å². The minimum atomic E-state index is -0.409. The second-order valence-corrected chi connectivity index (χ2v) is 3.24. The summed E-state index contributed by atoms with van der Waals surface area (Å²) in [6.45, 7) is 1.58. The van der Waals surface area contributed by atoms with E-state index in [0.29, 0.717) is 11.6 Å². The first kappa shape index (κ1) is 12.3. The van der Waals surface area contributed by atoms with Gasteiger partial charge in [0.25, 0.3) is 0 Å². The highest BCUT2D eigenvalue weighted by Gasteiger charge is 2.09. The molecule has 0 fully saturated rings. The zero-order valence-corrected chi connectivity index (χ0v) is 9.23. The van der Waals surface area contributed by atoms with E-state index in [2.05, 4.69) is 15.6 Å². The molecule has 1 rings (SSSR count). The molecule has 3 N–H and O–H groups in total. The predicted octanol–water partition coefficient (Wildman–Crippen LogP) is 0.593. The fraction of sp³-hybridized carbons (Fsp3) is 0.400. The van der Waals surface area contributed by atoms with Crippen molar-refractivity contribution in [3.63, 3.8) is 0 Å². The van der Waals surface area contributed by atoms with Gasteiger partial charge in [-0.25, -0.2) is 9.78 Å². The summed E-state index contributed by atoms with van der Waals surface area (Å²) in [5, 5.41) is 13.9. The first-order chi connectivity index (χ1) is 7.67. The topological polar surface area (TPSA) is 83.5 Å². The van der Waals surface area contributed by atoms with Crippen molar-refractivity contribution in [1.82, 2.24) is 10.3 Å². The van der Waals surface area contributed by atoms with Gasteiger partial charge >= 0.3 is 6.03 Å². The van der Waals surface area contributed by atoms with E-state index in [-0.39, 0.29) is 12.6 Å². The smallest absolute Gasteiger partial charge is 0.319 e. The number of carbonyl (C=O) groups excluding carboxylic acids is 1. The lowest BCUT2D eigenvalue weighted by molar-refractivity contribution is 0.229. The Labute approximate surface area is 93.6 Å². The summed E-state index contributed by atoms with van der Waals surface area (Å²) < 4.78 is 4.97. The minimum absolute atomic E-state index is 0.113.